The van der Waals surface area contributed by atoms with Gasteiger partial charge in [-0.05, 0) is 48.9 Å². The van der Waals surface area contributed by atoms with Crippen molar-refractivity contribution < 1.29 is 4.79 Å². The molecule has 1 N–H and O–H groups in total. The average Bonchev–Trinajstić information content (AvgIpc) is 2.53. The van der Waals surface area contributed by atoms with E-state index in [-0.39, 0.29) is 5.91 Å². The van der Waals surface area contributed by atoms with E-state index in [1.54, 1.807) is 0 Å². The first-order valence-corrected chi connectivity index (χ1v) is 8.27. The Balaban J connectivity index is 2.27. The topological polar surface area (TPSA) is 29.1 Å². The lowest BCUT2D eigenvalue weighted by molar-refractivity contribution is -0.125. The minimum atomic E-state index is -0.533. The van der Waals surface area contributed by atoms with E-state index in [0.717, 1.165) is 5.56 Å². The molecule has 0 fully saturated rings. The van der Waals surface area contributed by atoms with Crippen LogP contribution in [-0.2, 0) is 10.2 Å². The van der Waals surface area contributed by atoms with Gasteiger partial charge in [0.1, 0.15) is 0 Å². The lowest BCUT2D eigenvalue weighted by atomic mass is 9.81. The standard InChI is InChI=1S/C21H27NO/c1-15(2)14-22-20(23)21(4,5)18-11-12-19(16(3)13-18)17-9-7-6-8-10-17/h6-13,15H,14H2,1-5H3,(H,22,23). The molecule has 2 heteroatoms. The quantitative estimate of drug-likeness (QED) is 0.851. The molecule has 0 aromatic heterocycles. The predicted octanol–water partition coefficient (Wildman–Crippen LogP) is 4.71. The zero-order valence-corrected chi connectivity index (χ0v) is 14.8. The second kappa shape index (κ2) is 6.99. The van der Waals surface area contributed by atoms with E-state index in [4.69, 9.17) is 0 Å². The van der Waals surface area contributed by atoms with Crippen molar-refractivity contribution in [3.05, 3.63) is 59.7 Å². The lowest BCUT2D eigenvalue weighted by Crippen LogP contribution is -2.41. The Morgan fingerprint density at radius 1 is 1.09 bits per heavy atom. The lowest BCUT2D eigenvalue weighted by Gasteiger charge is -2.26. The van der Waals surface area contributed by atoms with E-state index in [9.17, 15) is 4.79 Å². The molecule has 0 saturated carbocycles. The summed E-state index contributed by atoms with van der Waals surface area (Å²) in [6, 6.07) is 16.7. The number of hydrogen-bond donors (Lipinski definition) is 1. The van der Waals surface area contributed by atoms with Gasteiger partial charge in [-0.25, -0.2) is 0 Å². The highest BCUT2D eigenvalue weighted by molar-refractivity contribution is 5.87. The van der Waals surface area contributed by atoms with Gasteiger partial charge in [-0.15, -0.1) is 0 Å². The molecule has 2 aromatic carbocycles. The van der Waals surface area contributed by atoms with Gasteiger partial charge in [0.25, 0.3) is 0 Å². The molecule has 23 heavy (non-hydrogen) atoms. The Kier molecular flexibility index (Phi) is 5.25. The molecule has 2 rings (SSSR count). The zero-order valence-electron chi connectivity index (χ0n) is 14.8. The van der Waals surface area contributed by atoms with Crippen LogP contribution in [0.2, 0.25) is 0 Å². The van der Waals surface area contributed by atoms with Gasteiger partial charge in [-0.3, -0.25) is 4.79 Å². The first-order chi connectivity index (χ1) is 10.8. The number of carbonyl (C=O) groups excluding carboxylic acids is 1. The highest BCUT2D eigenvalue weighted by Gasteiger charge is 2.30. The second-order valence-electron chi connectivity index (χ2n) is 7.12. The summed E-state index contributed by atoms with van der Waals surface area (Å²) < 4.78 is 0. The van der Waals surface area contributed by atoms with E-state index in [1.165, 1.54) is 16.7 Å². The fourth-order valence-corrected chi connectivity index (χ4v) is 2.64. The summed E-state index contributed by atoms with van der Waals surface area (Å²) in [5.41, 5.74) is 4.13. The van der Waals surface area contributed by atoms with E-state index >= 15 is 0 Å². The minimum Gasteiger partial charge on any atom is -0.355 e. The van der Waals surface area contributed by atoms with Crippen LogP contribution < -0.4 is 5.32 Å². The van der Waals surface area contributed by atoms with Gasteiger partial charge in [-0.2, -0.15) is 0 Å². The molecule has 0 bridgehead atoms. The highest BCUT2D eigenvalue weighted by Crippen LogP contribution is 2.30. The largest absolute Gasteiger partial charge is 0.355 e. The fourth-order valence-electron chi connectivity index (χ4n) is 2.64. The van der Waals surface area contributed by atoms with Gasteiger partial charge >= 0.3 is 0 Å². The van der Waals surface area contributed by atoms with Gasteiger partial charge in [-0.1, -0.05) is 62.4 Å². The van der Waals surface area contributed by atoms with E-state index in [0.29, 0.717) is 12.5 Å². The molecule has 0 aliphatic heterocycles. The Hall–Kier alpha value is -2.09. The third-order valence-corrected chi connectivity index (χ3v) is 4.27. The highest BCUT2D eigenvalue weighted by atomic mass is 16.2. The molecule has 0 saturated heterocycles. The maximum atomic E-state index is 12.5. The summed E-state index contributed by atoms with van der Waals surface area (Å²) in [5, 5.41) is 3.05. The van der Waals surface area contributed by atoms with E-state index in [2.05, 4.69) is 56.4 Å². The van der Waals surface area contributed by atoms with Crippen LogP contribution in [0, 0.1) is 12.8 Å². The summed E-state index contributed by atoms with van der Waals surface area (Å²) in [6.45, 7) is 11.0. The zero-order chi connectivity index (χ0) is 17.0. The maximum Gasteiger partial charge on any atom is 0.230 e. The van der Waals surface area contributed by atoms with Crippen molar-refractivity contribution in [1.82, 2.24) is 5.32 Å². The smallest absolute Gasteiger partial charge is 0.230 e. The van der Waals surface area contributed by atoms with Crippen molar-refractivity contribution in [1.29, 1.82) is 0 Å². The number of aryl methyl sites for hydroxylation is 1. The molecular weight excluding hydrogens is 282 g/mol. The van der Waals surface area contributed by atoms with Crippen LogP contribution in [0.25, 0.3) is 11.1 Å². The molecule has 0 radical (unpaired) electrons. The van der Waals surface area contributed by atoms with Gasteiger partial charge < -0.3 is 5.32 Å². The van der Waals surface area contributed by atoms with Crippen LogP contribution in [-0.4, -0.2) is 12.5 Å². The number of amides is 1. The minimum absolute atomic E-state index is 0.0815. The number of hydrogen-bond acceptors (Lipinski definition) is 1. The van der Waals surface area contributed by atoms with Crippen molar-refractivity contribution in [2.24, 2.45) is 5.92 Å². The van der Waals surface area contributed by atoms with Crippen molar-refractivity contribution in [3.63, 3.8) is 0 Å². The molecule has 122 valence electrons. The fraction of sp³-hybridized carbons (Fsp3) is 0.381. The van der Waals surface area contributed by atoms with Crippen LogP contribution in [0.5, 0.6) is 0 Å². The summed E-state index contributed by atoms with van der Waals surface area (Å²) in [4.78, 5) is 12.5. The van der Waals surface area contributed by atoms with Crippen LogP contribution in [0.15, 0.2) is 48.5 Å². The second-order valence-corrected chi connectivity index (χ2v) is 7.12. The first kappa shape index (κ1) is 17.3. The van der Waals surface area contributed by atoms with Crippen LogP contribution >= 0.6 is 0 Å². The van der Waals surface area contributed by atoms with Crippen LogP contribution in [0.4, 0.5) is 0 Å². The number of rotatable bonds is 5. The summed E-state index contributed by atoms with van der Waals surface area (Å²) in [6.07, 6.45) is 0. The monoisotopic (exact) mass is 309 g/mol. The first-order valence-electron chi connectivity index (χ1n) is 8.27. The molecule has 0 atom stereocenters. The summed E-state index contributed by atoms with van der Waals surface area (Å²) in [5.74, 6) is 0.537. The number of benzene rings is 2. The van der Waals surface area contributed by atoms with Gasteiger partial charge in [0.05, 0.1) is 5.41 Å². The molecule has 0 heterocycles. The molecule has 0 aliphatic rings. The molecule has 1 amide bonds. The summed E-state index contributed by atoms with van der Waals surface area (Å²) >= 11 is 0. The molecule has 2 nitrogen and oxygen atoms in total. The Morgan fingerprint density at radius 2 is 1.74 bits per heavy atom. The van der Waals surface area contributed by atoms with Crippen molar-refractivity contribution in [2.45, 2.75) is 40.0 Å². The maximum absolute atomic E-state index is 12.5. The third-order valence-electron chi connectivity index (χ3n) is 4.27. The molecule has 0 unspecified atom stereocenters. The predicted molar refractivity (Wildman–Crippen MR) is 97.5 cm³/mol. The average molecular weight is 309 g/mol. The summed E-state index contributed by atoms with van der Waals surface area (Å²) in [7, 11) is 0. The van der Waals surface area contributed by atoms with Crippen LogP contribution in [0.3, 0.4) is 0 Å². The SMILES string of the molecule is Cc1cc(C(C)(C)C(=O)NCC(C)C)ccc1-c1ccccc1. The van der Waals surface area contributed by atoms with Crippen LogP contribution in [0.1, 0.15) is 38.8 Å². The van der Waals surface area contributed by atoms with Crippen molar-refractivity contribution >= 4 is 5.91 Å². The van der Waals surface area contributed by atoms with Crippen molar-refractivity contribution in [3.8, 4) is 11.1 Å². The molecule has 0 spiro atoms. The van der Waals surface area contributed by atoms with Crippen molar-refractivity contribution in [2.75, 3.05) is 6.54 Å². The van der Waals surface area contributed by atoms with E-state index < -0.39 is 5.41 Å². The van der Waals surface area contributed by atoms with Gasteiger partial charge in [0.15, 0.2) is 0 Å². The Morgan fingerprint density at radius 3 is 2.30 bits per heavy atom. The van der Waals surface area contributed by atoms with Gasteiger partial charge in [0, 0.05) is 6.54 Å². The number of nitrogens with one attached hydrogen (secondary N) is 1. The normalized spacial score (nSPS) is 11.6. The molecule has 2 aromatic rings. The van der Waals surface area contributed by atoms with E-state index in [1.807, 2.05) is 32.0 Å². The molecular formula is C21H27NO. The number of carbonyl (C=O) groups is 1. The Labute approximate surface area is 139 Å². The Bertz CT molecular complexity index is 671. The van der Waals surface area contributed by atoms with Gasteiger partial charge in [0.2, 0.25) is 5.91 Å². The third kappa shape index (κ3) is 4.01. The molecule has 0 aliphatic carbocycles.